The molecular weight excluding hydrogens is 452 g/mol. The first-order valence-corrected chi connectivity index (χ1v) is 11.9. The number of hydrogen-bond donors (Lipinski definition) is 0. The number of benzene rings is 1. The Morgan fingerprint density at radius 3 is 2.43 bits per heavy atom. The Labute approximate surface area is 203 Å². The van der Waals surface area contributed by atoms with Crippen molar-refractivity contribution in [2.75, 3.05) is 18.6 Å². The third kappa shape index (κ3) is 2.97. The molecule has 3 aliphatic heterocycles. The maximum Gasteiger partial charge on any atom is 0.322 e. The molecular formula is C26H30N2O7. The first-order chi connectivity index (χ1) is 16.7. The van der Waals surface area contributed by atoms with Crippen molar-refractivity contribution >= 4 is 29.5 Å². The number of fused-ring (bicyclic) bond motifs is 1. The third-order valence-electron chi connectivity index (χ3n) is 8.37. The molecule has 9 heteroatoms. The van der Waals surface area contributed by atoms with Gasteiger partial charge in [-0.3, -0.25) is 19.2 Å². The summed E-state index contributed by atoms with van der Waals surface area (Å²) in [6.07, 6.45) is 2.49. The number of piperidine rings is 2. The highest BCUT2D eigenvalue weighted by atomic mass is 16.7. The van der Waals surface area contributed by atoms with Gasteiger partial charge in [0.2, 0.25) is 5.91 Å². The van der Waals surface area contributed by atoms with Gasteiger partial charge in [-0.15, -0.1) is 5.06 Å². The largest absolute Gasteiger partial charge is 0.469 e. The van der Waals surface area contributed by atoms with Gasteiger partial charge in [0.25, 0.3) is 0 Å². The summed E-state index contributed by atoms with van der Waals surface area (Å²) >= 11 is 0. The van der Waals surface area contributed by atoms with Crippen molar-refractivity contribution in [2.45, 2.75) is 57.7 Å². The van der Waals surface area contributed by atoms with Gasteiger partial charge in [0.05, 0.1) is 37.8 Å². The van der Waals surface area contributed by atoms with Gasteiger partial charge in [-0.2, -0.15) is 0 Å². The van der Waals surface area contributed by atoms with E-state index in [1.165, 1.54) is 27.9 Å². The van der Waals surface area contributed by atoms with Gasteiger partial charge in [0.1, 0.15) is 0 Å². The van der Waals surface area contributed by atoms with Crippen molar-refractivity contribution < 1.29 is 33.5 Å². The molecule has 7 atom stereocenters. The van der Waals surface area contributed by atoms with Crippen molar-refractivity contribution in [1.29, 1.82) is 0 Å². The van der Waals surface area contributed by atoms with Crippen LogP contribution in [0.3, 0.4) is 0 Å². The van der Waals surface area contributed by atoms with Gasteiger partial charge in [-0.05, 0) is 36.5 Å². The Kier molecular flexibility index (Phi) is 5.51. The van der Waals surface area contributed by atoms with Gasteiger partial charge in [-0.25, -0.2) is 0 Å². The number of methoxy groups -OCH3 is 1. The number of carbonyl (C=O) groups is 4. The van der Waals surface area contributed by atoms with E-state index in [2.05, 4.69) is 0 Å². The molecule has 3 heterocycles. The van der Waals surface area contributed by atoms with Crippen LogP contribution in [0.1, 0.15) is 39.7 Å². The minimum atomic E-state index is -0.883. The molecule has 2 saturated heterocycles. The molecule has 6 rings (SSSR count). The molecule has 5 aliphatic rings. The monoisotopic (exact) mass is 482 g/mol. The number of ether oxygens (including phenoxy) is 2. The molecule has 1 spiro atoms. The fourth-order valence-corrected chi connectivity index (χ4v) is 7.68. The van der Waals surface area contributed by atoms with Crippen molar-refractivity contribution in [3.8, 4) is 0 Å². The fraction of sp³-hybridized carbons (Fsp3) is 0.538. The van der Waals surface area contributed by atoms with E-state index in [0.717, 1.165) is 16.8 Å². The Balaban J connectivity index is 1.84. The summed E-state index contributed by atoms with van der Waals surface area (Å²) in [6.45, 7) is 6.09. The molecule has 9 nitrogen and oxygen atoms in total. The number of anilines is 1. The standard InChI is InChI=1S/C26H30N2O7/c1-6-16-17-11-21-24-26(22(17)25(32)33-5,18-9-7-8-10-20(18)27(24)13(2)29)19(12-34-14(3)30)23(16)28(21)35-15(4)31/h6-10,17,19,21-24H,11-12H2,1-5H3/b16-6+/t17-,19+,21-,22?,23?,24?,26+/m0/s1. The number of nitrogens with zero attached hydrogens (tertiary/aromatic N) is 2. The van der Waals surface area contributed by atoms with Crippen LogP contribution in [-0.2, 0) is 38.9 Å². The van der Waals surface area contributed by atoms with Crippen LogP contribution in [0.4, 0.5) is 5.69 Å². The number of rotatable bonds is 4. The molecule has 0 aromatic heterocycles. The number of para-hydroxylation sites is 1. The lowest BCUT2D eigenvalue weighted by Gasteiger charge is -2.69. The molecule has 2 saturated carbocycles. The molecule has 4 bridgehead atoms. The zero-order chi connectivity index (χ0) is 25.2. The highest BCUT2D eigenvalue weighted by molar-refractivity contribution is 5.97. The van der Waals surface area contributed by atoms with E-state index in [0.29, 0.717) is 6.42 Å². The number of esters is 2. The van der Waals surface area contributed by atoms with Crippen LogP contribution in [0.15, 0.2) is 35.9 Å². The van der Waals surface area contributed by atoms with Gasteiger partial charge in [-0.1, -0.05) is 24.3 Å². The fourth-order valence-electron chi connectivity index (χ4n) is 7.68. The van der Waals surface area contributed by atoms with E-state index >= 15 is 0 Å². The summed E-state index contributed by atoms with van der Waals surface area (Å²) in [4.78, 5) is 58.5. The Hall–Kier alpha value is -3.20. The second-order valence-corrected chi connectivity index (χ2v) is 9.78. The third-order valence-corrected chi connectivity index (χ3v) is 8.37. The number of hydrogen-bond acceptors (Lipinski definition) is 8. The molecule has 0 N–H and O–H groups in total. The van der Waals surface area contributed by atoms with E-state index in [1.54, 1.807) is 9.96 Å². The van der Waals surface area contributed by atoms with Crippen LogP contribution < -0.4 is 4.90 Å². The van der Waals surface area contributed by atoms with E-state index in [4.69, 9.17) is 14.3 Å². The molecule has 2 aliphatic carbocycles. The predicted molar refractivity (Wildman–Crippen MR) is 124 cm³/mol. The van der Waals surface area contributed by atoms with Crippen molar-refractivity contribution in [1.82, 2.24) is 5.06 Å². The molecule has 1 amide bonds. The van der Waals surface area contributed by atoms with E-state index in [1.807, 2.05) is 37.3 Å². The van der Waals surface area contributed by atoms with Crippen LogP contribution in [0, 0.1) is 17.8 Å². The smallest absolute Gasteiger partial charge is 0.322 e. The first kappa shape index (κ1) is 23.5. The molecule has 35 heavy (non-hydrogen) atoms. The lowest BCUT2D eigenvalue weighted by molar-refractivity contribution is -0.274. The van der Waals surface area contributed by atoms with Gasteiger partial charge >= 0.3 is 17.9 Å². The van der Waals surface area contributed by atoms with Crippen LogP contribution in [0.2, 0.25) is 0 Å². The second kappa shape index (κ2) is 8.19. The van der Waals surface area contributed by atoms with Crippen molar-refractivity contribution in [3.05, 3.63) is 41.5 Å². The average molecular weight is 483 g/mol. The van der Waals surface area contributed by atoms with Crippen LogP contribution in [0.5, 0.6) is 0 Å². The highest BCUT2D eigenvalue weighted by Crippen LogP contribution is 2.69. The molecule has 0 radical (unpaired) electrons. The lowest BCUT2D eigenvalue weighted by Crippen LogP contribution is -2.81. The van der Waals surface area contributed by atoms with Gasteiger partial charge in [0, 0.05) is 37.8 Å². The van der Waals surface area contributed by atoms with Crippen molar-refractivity contribution in [3.63, 3.8) is 0 Å². The second-order valence-electron chi connectivity index (χ2n) is 9.78. The highest BCUT2D eigenvalue weighted by Gasteiger charge is 2.78. The first-order valence-electron chi connectivity index (χ1n) is 11.9. The maximum atomic E-state index is 13.6. The van der Waals surface area contributed by atoms with Gasteiger partial charge in [0.15, 0.2) is 0 Å². The molecule has 186 valence electrons. The molecule has 3 unspecified atom stereocenters. The maximum absolute atomic E-state index is 13.6. The molecule has 1 aromatic rings. The Morgan fingerprint density at radius 1 is 1.11 bits per heavy atom. The number of amides is 1. The SMILES string of the molecule is C/C=C1/C2[C@@H](COC(C)=O)[C@@]34c5ccccc5N(C(C)=O)C3[C@H](C[C@@H]1C4C(=O)OC)N2OC(C)=O. The van der Waals surface area contributed by atoms with E-state index < -0.39 is 41.3 Å². The van der Waals surface area contributed by atoms with Crippen LogP contribution in [0.25, 0.3) is 0 Å². The summed E-state index contributed by atoms with van der Waals surface area (Å²) in [5.41, 5.74) is 1.67. The van der Waals surface area contributed by atoms with Crippen LogP contribution >= 0.6 is 0 Å². The van der Waals surface area contributed by atoms with E-state index in [9.17, 15) is 19.2 Å². The minimum Gasteiger partial charge on any atom is -0.469 e. The summed E-state index contributed by atoms with van der Waals surface area (Å²) in [7, 11) is 1.38. The lowest BCUT2D eigenvalue weighted by atomic mass is 9.42. The molecule has 1 aromatic carbocycles. The minimum absolute atomic E-state index is 0.00137. The number of carbonyl (C=O) groups excluding carboxylic acids is 4. The Morgan fingerprint density at radius 2 is 1.83 bits per heavy atom. The van der Waals surface area contributed by atoms with Crippen molar-refractivity contribution in [2.24, 2.45) is 17.8 Å². The number of allylic oxidation sites excluding steroid dienone is 1. The zero-order valence-corrected chi connectivity index (χ0v) is 20.5. The number of hydroxylamine groups is 2. The summed E-state index contributed by atoms with van der Waals surface area (Å²) < 4.78 is 11.0. The topological polar surface area (TPSA) is 102 Å². The Bertz CT molecular complexity index is 1150. The van der Waals surface area contributed by atoms with E-state index in [-0.39, 0.29) is 30.4 Å². The summed E-state index contributed by atoms with van der Waals surface area (Å²) in [5, 5.41) is 1.70. The quantitative estimate of drug-likeness (QED) is 0.475. The van der Waals surface area contributed by atoms with Crippen LogP contribution in [-0.4, -0.2) is 60.7 Å². The average Bonchev–Trinajstić information content (AvgIpc) is 3.12. The molecule has 4 fully saturated rings. The normalized spacial score (nSPS) is 35.5. The zero-order valence-electron chi connectivity index (χ0n) is 20.5. The van der Waals surface area contributed by atoms with Gasteiger partial charge < -0.3 is 19.2 Å². The predicted octanol–water partition coefficient (Wildman–Crippen LogP) is 2.14. The summed E-state index contributed by atoms with van der Waals surface area (Å²) in [5.74, 6) is -2.68. The summed E-state index contributed by atoms with van der Waals surface area (Å²) in [6, 6.07) is 6.34.